The first-order valence-electron chi connectivity index (χ1n) is 3.25. The molecule has 2 nitrogen and oxygen atoms in total. The Kier molecular flexibility index (Phi) is 2.03. The molecule has 0 fully saturated rings. The summed E-state index contributed by atoms with van der Waals surface area (Å²) in [6.45, 7) is 5.31. The number of aryl methyl sites for hydroxylation is 1. The van der Waals surface area contributed by atoms with E-state index < -0.39 is 0 Å². The maximum absolute atomic E-state index is 8.64. The average Bonchev–Trinajstić information content (AvgIpc) is 2.04. The van der Waals surface area contributed by atoms with Gasteiger partial charge in [-0.3, -0.25) is 4.99 Å². The number of aliphatic imine (C=N–C) groups is 1. The fraction of sp³-hybridized carbons (Fsp3) is 0.111. The van der Waals surface area contributed by atoms with E-state index in [1.54, 1.807) is 12.1 Å². The van der Waals surface area contributed by atoms with Gasteiger partial charge in [0.1, 0.15) is 6.07 Å². The molecule has 0 spiro atoms. The maximum atomic E-state index is 8.64. The van der Waals surface area contributed by atoms with E-state index in [1.165, 1.54) is 0 Å². The van der Waals surface area contributed by atoms with E-state index in [9.17, 15) is 0 Å². The third kappa shape index (κ3) is 1.44. The van der Waals surface area contributed by atoms with E-state index >= 15 is 0 Å². The van der Waals surface area contributed by atoms with Crippen LogP contribution in [0.5, 0.6) is 0 Å². The van der Waals surface area contributed by atoms with Crippen LogP contribution in [-0.4, -0.2) is 6.72 Å². The van der Waals surface area contributed by atoms with Gasteiger partial charge in [-0.05, 0) is 31.3 Å². The zero-order chi connectivity index (χ0) is 8.27. The van der Waals surface area contributed by atoms with E-state index in [1.807, 2.05) is 13.0 Å². The largest absolute Gasteiger partial charge is 0.263 e. The molecule has 0 saturated carbocycles. The summed E-state index contributed by atoms with van der Waals surface area (Å²) < 4.78 is 0. The summed E-state index contributed by atoms with van der Waals surface area (Å²) >= 11 is 0. The van der Waals surface area contributed by atoms with Gasteiger partial charge in [-0.1, -0.05) is 6.07 Å². The summed E-state index contributed by atoms with van der Waals surface area (Å²) in [5.41, 5.74) is 2.30. The van der Waals surface area contributed by atoms with E-state index in [2.05, 4.69) is 17.8 Å². The molecule has 54 valence electrons. The molecular formula is C9H8N2. The first kappa shape index (κ1) is 7.49. The van der Waals surface area contributed by atoms with Gasteiger partial charge in [0, 0.05) is 0 Å². The molecule has 0 aromatic heterocycles. The molecule has 1 rings (SSSR count). The van der Waals surface area contributed by atoms with Crippen LogP contribution in [0, 0.1) is 18.3 Å². The van der Waals surface area contributed by atoms with Crippen LogP contribution in [0.2, 0.25) is 0 Å². The Morgan fingerprint density at radius 3 is 2.82 bits per heavy atom. The Bertz CT molecular complexity index is 321. The average molecular weight is 144 g/mol. The minimum Gasteiger partial charge on any atom is -0.263 e. The fourth-order valence-corrected chi connectivity index (χ4v) is 0.877. The van der Waals surface area contributed by atoms with Crippen molar-refractivity contribution in [3.63, 3.8) is 0 Å². The molecule has 0 unspecified atom stereocenters. The minimum absolute atomic E-state index is 0.583. The normalized spacial score (nSPS) is 8.73. The summed E-state index contributed by atoms with van der Waals surface area (Å²) in [4.78, 5) is 3.71. The Labute approximate surface area is 65.8 Å². The van der Waals surface area contributed by atoms with Crippen molar-refractivity contribution in [1.29, 1.82) is 5.26 Å². The maximum Gasteiger partial charge on any atom is 0.101 e. The van der Waals surface area contributed by atoms with Crippen LogP contribution >= 0.6 is 0 Å². The third-order valence-corrected chi connectivity index (χ3v) is 1.44. The number of rotatable bonds is 1. The molecule has 2 heteroatoms. The SMILES string of the molecule is C=Nc1ccc(C)cc1C#N. The monoisotopic (exact) mass is 144 g/mol. The Balaban J connectivity index is 3.30. The predicted molar refractivity (Wildman–Crippen MR) is 45.1 cm³/mol. The van der Waals surface area contributed by atoms with Crippen LogP contribution < -0.4 is 0 Å². The Hall–Kier alpha value is -1.62. The van der Waals surface area contributed by atoms with Gasteiger partial charge < -0.3 is 0 Å². The van der Waals surface area contributed by atoms with Gasteiger partial charge in [0.2, 0.25) is 0 Å². The smallest absolute Gasteiger partial charge is 0.101 e. The van der Waals surface area contributed by atoms with Crippen molar-refractivity contribution in [3.05, 3.63) is 29.3 Å². The molecule has 0 radical (unpaired) electrons. The van der Waals surface area contributed by atoms with Crippen molar-refractivity contribution < 1.29 is 0 Å². The summed E-state index contributed by atoms with van der Waals surface area (Å²) in [5, 5.41) is 8.64. The first-order chi connectivity index (χ1) is 5.27. The highest BCUT2D eigenvalue weighted by Gasteiger charge is 1.97. The number of benzene rings is 1. The topological polar surface area (TPSA) is 36.1 Å². The lowest BCUT2D eigenvalue weighted by atomic mass is 10.1. The van der Waals surface area contributed by atoms with Crippen LogP contribution in [-0.2, 0) is 0 Å². The lowest BCUT2D eigenvalue weighted by Gasteiger charge is -1.96. The predicted octanol–water partition coefficient (Wildman–Crippen LogP) is 2.20. The highest BCUT2D eigenvalue weighted by atomic mass is 14.7. The standard InChI is InChI=1S/C9H8N2/c1-7-3-4-9(11-2)8(5-7)6-10/h3-5H,2H2,1H3. The zero-order valence-electron chi connectivity index (χ0n) is 6.33. The second kappa shape index (κ2) is 2.98. The molecule has 11 heavy (non-hydrogen) atoms. The lowest BCUT2D eigenvalue weighted by Crippen LogP contribution is -1.77. The summed E-state index contributed by atoms with van der Waals surface area (Å²) in [6, 6.07) is 7.55. The second-order valence-electron chi connectivity index (χ2n) is 2.29. The molecule has 0 aliphatic carbocycles. The molecule has 0 aliphatic heterocycles. The molecule has 1 aromatic carbocycles. The van der Waals surface area contributed by atoms with E-state index in [4.69, 9.17) is 5.26 Å². The summed E-state index contributed by atoms with van der Waals surface area (Å²) in [5.74, 6) is 0. The molecule has 0 saturated heterocycles. The van der Waals surface area contributed by atoms with E-state index in [0.717, 1.165) is 5.56 Å². The third-order valence-electron chi connectivity index (χ3n) is 1.44. The quantitative estimate of drug-likeness (QED) is 0.556. The van der Waals surface area contributed by atoms with Crippen molar-refractivity contribution in [1.82, 2.24) is 0 Å². The lowest BCUT2D eigenvalue weighted by molar-refractivity contribution is 1.39. The van der Waals surface area contributed by atoms with Gasteiger partial charge in [0.25, 0.3) is 0 Å². The highest BCUT2D eigenvalue weighted by Crippen LogP contribution is 2.18. The van der Waals surface area contributed by atoms with Crippen LogP contribution in [0.3, 0.4) is 0 Å². The molecule has 0 heterocycles. The molecule has 0 N–H and O–H groups in total. The van der Waals surface area contributed by atoms with Gasteiger partial charge in [-0.25, -0.2) is 0 Å². The molecule has 0 bridgehead atoms. The van der Waals surface area contributed by atoms with Crippen molar-refractivity contribution in [2.45, 2.75) is 6.92 Å². The molecule has 0 aliphatic rings. The number of hydrogen-bond donors (Lipinski definition) is 0. The minimum atomic E-state index is 0.583. The molecule has 1 aromatic rings. The van der Waals surface area contributed by atoms with Crippen LogP contribution in [0.25, 0.3) is 0 Å². The van der Waals surface area contributed by atoms with Crippen LogP contribution in [0.15, 0.2) is 23.2 Å². The fourth-order valence-electron chi connectivity index (χ4n) is 0.877. The Morgan fingerprint density at radius 2 is 2.27 bits per heavy atom. The van der Waals surface area contributed by atoms with Crippen molar-refractivity contribution in [2.24, 2.45) is 4.99 Å². The molecule has 0 amide bonds. The highest BCUT2D eigenvalue weighted by molar-refractivity contribution is 5.57. The number of nitrogens with zero attached hydrogens (tertiary/aromatic N) is 2. The Morgan fingerprint density at radius 1 is 1.55 bits per heavy atom. The van der Waals surface area contributed by atoms with Crippen LogP contribution in [0.1, 0.15) is 11.1 Å². The summed E-state index contributed by atoms with van der Waals surface area (Å²) in [6.07, 6.45) is 0. The van der Waals surface area contributed by atoms with Gasteiger partial charge in [0.15, 0.2) is 0 Å². The molecule has 0 atom stereocenters. The van der Waals surface area contributed by atoms with Crippen molar-refractivity contribution in [2.75, 3.05) is 0 Å². The summed E-state index contributed by atoms with van der Waals surface area (Å²) in [7, 11) is 0. The first-order valence-corrected chi connectivity index (χ1v) is 3.25. The number of nitriles is 1. The van der Waals surface area contributed by atoms with Crippen LogP contribution in [0.4, 0.5) is 5.69 Å². The molecular weight excluding hydrogens is 136 g/mol. The van der Waals surface area contributed by atoms with Gasteiger partial charge >= 0.3 is 0 Å². The van der Waals surface area contributed by atoms with Crippen molar-refractivity contribution >= 4 is 12.4 Å². The number of hydrogen-bond acceptors (Lipinski definition) is 2. The van der Waals surface area contributed by atoms with Crippen molar-refractivity contribution in [3.8, 4) is 6.07 Å². The zero-order valence-corrected chi connectivity index (χ0v) is 6.33. The van der Waals surface area contributed by atoms with Gasteiger partial charge in [-0.2, -0.15) is 5.26 Å². The van der Waals surface area contributed by atoms with Gasteiger partial charge in [-0.15, -0.1) is 0 Å². The van der Waals surface area contributed by atoms with Gasteiger partial charge in [0.05, 0.1) is 11.3 Å². The van der Waals surface area contributed by atoms with E-state index in [-0.39, 0.29) is 0 Å². The van der Waals surface area contributed by atoms with E-state index in [0.29, 0.717) is 11.3 Å². The second-order valence-corrected chi connectivity index (χ2v) is 2.29.